The van der Waals surface area contributed by atoms with Crippen molar-refractivity contribution in [2.24, 2.45) is 4.99 Å². The van der Waals surface area contributed by atoms with Crippen molar-refractivity contribution in [1.29, 1.82) is 0 Å². The molecule has 1 heterocycles. The van der Waals surface area contributed by atoms with Gasteiger partial charge in [0.1, 0.15) is 0 Å². The van der Waals surface area contributed by atoms with Crippen LogP contribution in [0.4, 0.5) is 0 Å². The van der Waals surface area contributed by atoms with Crippen molar-refractivity contribution in [3.8, 4) is 0 Å². The second-order valence-corrected chi connectivity index (χ2v) is 5.47. The normalized spacial score (nSPS) is 16.1. The lowest BCUT2D eigenvalue weighted by atomic mass is 10.1. The highest BCUT2D eigenvalue weighted by Gasteiger charge is 2.07. The molecule has 5 heteroatoms. The van der Waals surface area contributed by atoms with E-state index in [0.29, 0.717) is 0 Å². The van der Waals surface area contributed by atoms with Crippen molar-refractivity contribution in [2.75, 3.05) is 26.3 Å². The summed E-state index contributed by atoms with van der Waals surface area (Å²) in [5.74, 6) is 0.881. The number of hydrogen-bond donors (Lipinski definition) is 2. The van der Waals surface area contributed by atoms with Crippen LogP contribution < -0.4 is 10.6 Å². The Labute approximate surface area is 156 Å². The molecule has 0 radical (unpaired) electrons. The Bertz CT molecular complexity index is 502. The molecule has 2 rings (SSSR count). The summed E-state index contributed by atoms with van der Waals surface area (Å²) in [5, 5.41) is 6.78. The highest BCUT2D eigenvalue weighted by molar-refractivity contribution is 14.0. The fourth-order valence-corrected chi connectivity index (χ4v) is 2.45. The van der Waals surface area contributed by atoms with Crippen LogP contribution in [0.1, 0.15) is 38.3 Å². The lowest BCUT2D eigenvalue weighted by Crippen LogP contribution is -2.38. The van der Waals surface area contributed by atoms with E-state index in [2.05, 4.69) is 59.8 Å². The Morgan fingerprint density at radius 3 is 2.74 bits per heavy atom. The molecular weight excluding hydrogens is 401 g/mol. The predicted molar refractivity (Wildman–Crippen MR) is 108 cm³/mol. The van der Waals surface area contributed by atoms with E-state index in [-0.39, 0.29) is 30.0 Å². The number of guanidine groups is 1. The van der Waals surface area contributed by atoms with Gasteiger partial charge >= 0.3 is 0 Å². The minimum atomic E-state index is 0. The van der Waals surface area contributed by atoms with Crippen LogP contribution in [0, 0.1) is 0 Å². The van der Waals surface area contributed by atoms with E-state index >= 15 is 0 Å². The van der Waals surface area contributed by atoms with E-state index in [0.717, 1.165) is 45.1 Å². The fraction of sp³-hybridized carbons (Fsp3) is 0.500. The third-order valence-electron chi connectivity index (χ3n) is 3.76. The quantitative estimate of drug-likeness (QED) is 0.314. The monoisotopic (exact) mass is 429 g/mol. The zero-order chi connectivity index (χ0) is 15.6. The Morgan fingerprint density at radius 2 is 2.09 bits per heavy atom. The number of nitrogens with zero attached hydrogens (tertiary/aromatic N) is 1. The molecule has 4 nitrogen and oxygen atoms in total. The number of halogens is 1. The number of rotatable bonds is 6. The molecule has 1 aromatic carbocycles. The molecule has 0 saturated carbocycles. The molecule has 23 heavy (non-hydrogen) atoms. The van der Waals surface area contributed by atoms with Gasteiger partial charge in [0.25, 0.3) is 0 Å². The molecule has 0 bridgehead atoms. The van der Waals surface area contributed by atoms with E-state index in [1.54, 1.807) is 0 Å². The van der Waals surface area contributed by atoms with Gasteiger partial charge in [-0.05, 0) is 32.3 Å². The van der Waals surface area contributed by atoms with Gasteiger partial charge in [-0.25, -0.2) is 0 Å². The minimum absolute atomic E-state index is 0. The minimum Gasteiger partial charge on any atom is -0.377 e. The summed E-state index contributed by atoms with van der Waals surface area (Å²) >= 11 is 0. The zero-order valence-corrected chi connectivity index (χ0v) is 16.4. The molecule has 0 spiro atoms. The van der Waals surface area contributed by atoms with Crippen LogP contribution in [-0.2, 0) is 4.74 Å². The van der Waals surface area contributed by atoms with Crippen molar-refractivity contribution in [3.63, 3.8) is 0 Å². The van der Waals surface area contributed by atoms with Gasteiger partial charge in [0, 0.05) is 13.1 Å². The zero-order valence-electron chi connectivity index (χ0n) is 14.0. The summed E-state index contributed by atoms with van der Waals surface area (Å²) in [6, 6.07) is 10.7. The van der Waals surface area contributed by atoms with Gasteiger partial charge in [-0.1, -0.05) is 42.0 Å². The first-order valence-corrected chi connectivity index (χ1v) is 8.15. The summed E-state index contributed by atoms with van der Waals surface area (Å²) in [7, 11) is 0. The van der Waals surface area contributed by atoms with Crippen molar-refractivity contribution >= 4 is 29.9 Å². The van der Waals surface area contributed by atoms with Crippen LogP contribution in [0.15, 0.2) is 47.0 Å². The molecule has 0 amide bonds. The molecule has 2 N–H and O–H groups in total. The molecule has 1 aliphatic rings. The van der Waals surface area contributed by atoms with Crippen molar-refractivity contribution in [1.82, 2.24) is 10.6 Å². The molecule has 0 aliphatic carbocycles. The van der Waals surface area contributed by atoms with Crippen molar-refractivity contribution in [3.05, 3.63) is 47.5 Å². The average Bonchev–Trinajstić information content (AvgIpc) is 2.57. The molecule has 0 saturated heterocycles. The maximum atomic E-state index is 5.33. The van der Waals surface area contributed by atoms with E-state index in [1.807, 2.05) is 6.07 Å². The number of nitrogens with one attached hydrogen (secondary N) is 2. The Balaban J connectivity index is 0.00000264. The molecule has 1 atom stereocenters. The predicted octanol–water partition coefficient (Wildman–Crippen LogP) is 3.66. The summed E-state index contributed by atoms with van der Waals surface area (Å²) in [5.41, 5.74) is 2.72. The first kappa shape index (κ1) is 20.0. The lowest BCUT2D eigenvalue weighted by molar-refractivity contribution is 0.153. The first-order chi connectivity index (χ1) is 10.8. The fourth-order valence-electron chi connectivity index (χ4n) is 2.45. The van der Waals surface area contributed by atoms with Crippen LogP contribution in [0.25, 0.3) is 0 Å². The molecular formula is C18H28IN3O. The van der Waals surface area contributed by atoms with E-state index in [1.165, 1.54) is 11.1 Å². The summed E-state index contributed by atoms with van der Waals surface area (Å²) in [4.78, 5) is 4.69. The maximum Gasteiger partial charge on any atom is 0.191 e. The topological polar surface area (TPSA) is 45.7 Å². The molecule has 0 aromatic heterocycles. The third-order valence-corrected chi connectivity index (χ3v) is 3.76. The van der Waals surface area contributed by atoms with Crippen molar-refractivity contribution in [2.45, 2.75) is 32.7 Å². The SMILES string of the molecule is CCNC(=NCCC1=CCOCC1)NC(C)c1ccccc1.I. The van der Waals surface area contributed by atoms with E-state index in [9.17, 15) is 0 Å². The van der Waals surface area contributed by atoms with Gasteiger partial charge in [0.15, 0.2) is 5.96 Å². The third kappa shape index (κ3) is 7.35. The molecule has 128 valence electrons. The molecule has 1 aliphatic heterocycles. The van der Waals surface area contributed by atoms with E-state index in [4.69, 9.17) is 4.74 Å². The van der Waals surface area contributed by atoms with Gasteiger partial charge in [-0.15, -0.1) is 24.0 Å². The van der Waals surface area contributed by atoms with E-state index < -0.39 is 0 Å². The van der Waals surface area contributed by atoms with Gasteiger partial charge in [-0.3, -0.25) is 4.99 Å². The summed E-state index contributed by atoms with van der Waals surface area (Å²) in [6.45, 7) is 7.52. The number of aliphatic imine (C=N–C) groups is 1. The second kappa shape index (κ2) is 11.5. The lowest BCUT2D eigenvalue weighted by Gasteiger charge is -2.18. The molecule has 1 unspecified atom stereocenters. The number of hydrogen-bond acceptors (Lipinski definition) is 2. The molecule has 1 aromatic rings. The summed E-state index contributed by atoms with van der Waals surface area (Å²) in [6.07, 6.45) is 4.24. The standard InChI is InChI=1S/C18H27N3O.HI/c1-3-19-18(20-12-9-16-10-13-22-14-11-16)21-15(2)17-7-5-4-6-8-17;/h4-8,10,15H,3,9,11-14H2,1-2H3,(H2,19,20,21);1H. The van der Waals surface area contributed by atoms with Crippen LogP contribution in [-0.4, -0.2) is 32.3 Å². The van der Waals surface area contributed by atoms with Gasteiger partial charge in [0.2, 0.25) is 0 Å². The van der Waals surface area contributed by atoms with Crippen LogP contribution in [0.5, 0.6) is 0 Å². The highest BCUT2D eigenvalue weighted by Crippen LogP contribution is 2.12. The van der Waals surface area contributed by atoms with Crippen LogP contribution in [0.2, 0.25) is 0 Å². The highest BCUT2D eigenvalue weighted by atomic mass is 127. The van der Waals surface area contributed by atoms with Crippen molar-refractivity contribution < 1.29 is 4.74 Å². The van der Waals surface area contributed by atoms with Gasteiger partial charge in [-0.2, -0.15) is 0 Å². The van der Waals surface area contributed by atoms with Crippen LogP contribution >= 0.6 is 24.0 Å². The number of ether oxygens (including phenoxy) is 1. The Hall–Kier alpha value is -1.08. The van der Waals surface area contributed by atoms with Gasteiger partial charge in [0.05, 0.1) is 19.3 Å². The number of benzene rings is 1. The Kier molecular flexibility index (Phi) is 9.94. The van der Waals surface area contributed by atoms with Crippen LogP contribution in [0.3, 0.4) is 0 Å². The Morgan fingerprint density at radius 1 is 1.30 bits per heavy atom. The smallest absolute Gasteiger partial charge is 0.191 e. The molecule has 0 fully saturated rings. The maximum absolute atomic E-state index is 5.33. The summed E-state index contributed by atoms with van der Waals surface area (Å²) < 4.78 is 5.33. The first-order valence-electron chi connectivity index (χ1n) is 8.15. The average molecular weight is 429 g/mol. The largest absolute Gasteiger partial charge is 0.377 e. The van der Waals surface area contributed by atoms with Gasteiger partial charge < -0.3 is 15.4 Å². The second-order valence-electron chi connectivity index (χ2n) is 5.47.